The highest BCUT2D eigenvalue weighted by Gasteiger charge is 2.14. The van der Waals surface area contributed by atoms with E-state index in [1.807, 2.05) is 24.5 Å². The third-order valence-electron chi connectivity index (χ3n) is 3.07. The van der Waals surface area contributed by atoms with Gasteiger partial charge in [-0.3, -0.25) is 8.37 Å². The van der Waals surface area contributed by atoms with E-state index in [0.717, 1.165) is 0 Å². The zero-order valence-electron chi connectivity index (χ0n) is 13.6. The van der Waals surface area contributed by atoms with Gasteiger partial charge in [-0.05, 0) is 12.8 Å². The van der Waals surface area contributed by atoms with Crippen LogP contribution < -0.4 is 10.6 Å². The molecule has 0 radical (unpaired) electrons. The quantitative estimate of drug-likeness (QED) is 0.172. The molecular weight excluding hydrogens is 372 g/mol. The van der Waals surface area contributed by atoms with Gasteiger partial charge in [0.25, 0.3) is 0 Å². The smallest absolute Gasteiger partial charge is 0.217 e. The summed E-state index contributed by atoms with van der Waals surface area (Å²) in [6.07, 6.45) is 1.26. The molecule has 0 heterocycles. The van der Waals surface area contributed by atoms with Crippen molar-refractivity contribution < 1.29 is 55.9 Å². The van der Waals surface area contributed by atoms with Crippen molar-refractivity contribution in [3.05, 3.63) is 0 Å². The van der Waals surface area contributed by atoms with E-state index < -0.39 is 20.8 Å². The minimum atomic E-state index is -4.68. The second-order valence-corrected chi connectivity index (χ2v) is 6.88. The minimum Gasteiger partial charge on any atom is -0.726 e. The third-order valence-corrected chi connectivity index (χ3v) is 3.92. The Morgan fingerprint density at radius 1 is 0.792 bits per heavy atom. The molecule has 0 amide bonds. The largest absolute Gasteiger partial charge is 0.726 e. The van der Waals surface area contributed by atoms with Crippen molar-refractivity contribution in [2.45, 2.75) is 38.8 Å². The summed E-state index contributed by atoms with van der Waals surface area (Å²) in [4.78, 5) is 0. The summed E-state index contributed by atoms with van der Waals surface area (Å²) in [5.41, 5.74) is 0. The molecule has 0 aliphatic rings. The van der Waals surface area contributed by atoms with Crippen LogP contribution in [0.5, 0.6) is 0 Å². The molecule has 0 unspecified atom stereocenters. The Balaban J connectivity index is -0.00000220. The van der Waals surface area contributed by atoms with E-state index in [-0.39, 0.29) is 36.2 Å². The molecule has 0 aliphatic carbocycles. The standard InChI is InChI=1S/C10H24N2O8S2.2H2O/c1-3-9(7-19-21(13,14)15)11-5-6-12-10(4-2)8-20-22(16,17)18;;/h9-12H,3-8H2,1-2H3,(H,13,14,15)(H,16,17,18);2*1H2/t9-,10+;;. The molecule has 150 valence electrons. The van der Waals surface area contributed by atoms with Crippen LogP contribution in [0.25, 0.3) is 0 Å². The molecule has 0 spiro atoms. The van der Waals surface area contributed by atoms with Crippen LogP contribution >= 0.6 is 0 Å². The van der Waals surface area contributed by atoms with Gasteiger partial charge in [0.15, 0.2) is 0 Å². The van der Waals surface area contributed by atoms with Crippen molar-refractivity contribution >= 4 is 20.8 Å². The summed E-state index contributed by atoms with van der Waals surface area (Å²) >= 11 is 0. The highest BCUT2D eigenvalue weighted by atomic mass is 32.3. The zero-order valence-corrected chi connectivity index (χ0v) is 15.3. The molecule has 0 saturated carbocycles. The third kappa shape index (κ3) is 17.9. The summed E-state index contributed by atoms with van der Waals surface area (Å²) in [5.74, 6) is 0. The van der Waals surface area contributed by atoms with E-state index in [9.17, 15) is 25.9 Å². The molecule has 0 fully saturated rings. The van der Waals surface area contributed by atoms with Crippen molar-refractivity contribution in [2.24, 2.45) is 0 Å². The Morgan fingerprint density at radius 3 is 1.29 bits per heavy atom. The first-order valence-corrected chi connectivity index (χ1v) is 9.61. The fourth-order valence-electron chi connectivity index (χ4n) is 1.71. The van der Waals surface area contributed by atoms with Gasteiger partial charge in [-0.1, -0.05) is 13.8 Å². The van der Waals surface area contributed by atoms with E-state index in [0.29, 0.717) is 25.9 Å². The predicted octanol–water partition coefficient (Wildman–Crippen LogP) is -5.03. The molecular formula is C10H28N2O10S2. The number of hydrogen-bond acceptors (Lipinski definition) is 8. The van der Waals surface area contributed by atoms with Crippen LogP contribution in [-0.4, -0.2) is 75.3 Å². The first-order valence-electron chi connectivity index (χ1n) is 6.94. The van der Waals surface area contributed by atoms with Crippen LogP contribution in [0, 0.1) is 0 Å². The van der Waals surface area contributed by atoms with E-state index in [2.05, 4.69) is 8.37 Å². The molecule has 0 bridgehead atoms. The first kappa shape index (κ1) is 28.4. The lowest BCUT2D eigenvalue weighted by atomic mass is 10.2. The summed E-state index contributed by atoms with van der Waals surface area (Å²) in [6.45, 7) is 4.54. The Labute approximate surface area is 142 Å². The Bertz CT molecular complexity index is 450. The number of nitrogens with two attached hydrogens (primary N) is 2. The molecule has 0 aromatic rings. The Hall–Kier alpha value is -0.420. The van der Waals surface area contributed by atoms with Crippen molar-refractivity contribution in [3.63, 3.8) is 0 Å². The van der Waals surface area contributed by atoms with Gasteiger partial charge in [0.2, 0.25) is 20.8 Å². The molecule has 8 N–H and O–H groups in total. The van der Waals surface area contributed by atoms with E-state index in [1.165, 1.54) is 0 Å². The Kier molecular flexibility index (Phi) is 16.4. The normalized spacial score (nSPS) is 14.3. The number of quaternary nitrogens is 2. The van der Waals surface area contributed by atoms with Crippen molar-refractivity contribution in [2.75, 3.05) is 26.3 Å². The van der Waals surface area contributed by atoms with Crippen LogP contribution in [0.1, 0.15) is 26.7 Å². The fraction of sp³-hybridized carbons (Fsp3) is 1.00. The van der Waals surface area contributed by atoms with Gasteiger partial charge >= 0.3 is 0 Å². The zero-order chi connectivity index (χ0) is 17.2. The fourth-order valence-corrected chi connectivity index (χ4v) is 2.39. The van der Waals surface area contributed by atoms with Crippen LogP contribution in [0.3, 0.4) is 0 Å². The topological polar surface area (TPSA) is 229 Å². The molecule has 12 nitrogen and oxygen atoms in total. The molecule has 0 aromatic heterocycles. The Morgan fingerprint density at radius 2 is 1.08 bits per heavy atom. The second-order valence-electron chi connectivity index (χ2n) is 4.77. The van der Waals surface area contributed by atoms with Gasteiger partial charge < -0.3 is 30.7 Å². The average Bonchev–Trinajstić information content (AvgIpc) is 2.39. The molecule has 0 saturated heterocycles. The highest BCUT2D eigenvalue weighted by molar-refractivity contribution is 7.81. The summed E-state index contributed by atoms with van der Waals surface area (Å²) < 4.78 is 70.7. The van der Waals surface area contributed by atoms with E-state index >= 15 is 0 Å². The van der Waals surface area contributed by atoms with Crippen molar-refractivity contribution in [1.29, 1.82) is 0 Å². The van der Waals surface area contributed by atoms with Crippen LogP contribution in [0.2, 0.25) is 0 Å². The van der Waals surface area contributed by atoms with Crippen molar-refractivity contribution in [1.82, 2.24) is 0 Å². The summed E-state index contributed by atoms with van der Waals surface area (Å²) in [7, 11) is -9.36. The van der Waals surface area contributed by atoms with Gasteiger partial charge in [-0.15, -0.1) is 0 Å². The first-order chi connectivity index (χ1) is 10.1. The van der Waals surface area contributed by atoms with Gasteiger partial charge in [0.1, 0.15) is 38.4 Å². The molecule has 0 rings (SSSR count). The minimum absolute atomic E-state index is 0. The lowest BCUT2D eigenvalue weighted by Gasteiger charge is -2.17. The monoisotopic (exact) mass is 400 g/mol. The van der Waals surface area contributed by atoms with E-state index in [4.69, 9.17) is 0 Å². The lowest BCUT2D eigenvalue weighted by molar-refractivity contribution is -0.755. The van der Waals surface area contributed by atoms with Crippen LogP contribution in [0.15, 0.2) is 0 Å². The average molecular weight is 400 g/mol. The summed E-state index contributed by atoms with van der Waals surface area (Å²) in [6, 6.07) is -0.314. The molecule has 24 heavy (non-hydrogen) atoms. The highest BCUT2D eigenvalue weighted by Crippen LogP contribution is 1.92. The number of rotatable bonds is 13. The maximum Gasteiger partial charge on any atom is 0.217 e. The van der Waals surface area contributed by atoms with Gasteiger partial charge in [-0.25, -0.2) is 16.8 Å². The molecule has 2 atom stereocenters. The second kappa shape index (κ2) is 13.8. The predicted molar refractivity (Wildman–Crippen MR) is 80.3 cm³/mol. The van der Waals surface area contributed by atoms with Gasteiger partial charge in [-0.2, -0.15) is 0 Å². The SMILES string of the molecule is CC[C@H](COS(=O)(=O)[O-])[NH2+]CC[NH2+][C@@H](CC)COS(=O)(=O)[O-].O.O. The lowest BCUT2D eigenvalue weighted by Crippen LogP contribution is -3.00. The van der Waals surface area contributed by atoms with Crippen LogP contribution in [-0.2, 0) is 29.2 Å². The van der Waals surface area contributed by atoms with E-state index in [1.54, 1.807) is 0 Å². The maximum absolute atomic E-state index is 10.4. The van der Waals surface area contributed by atoms with Gasteiger partial charge in [0, 0.05) is 0 Å². The van der Waals surface area contributed by atoms with Crippen molar-refractivity contribution in [3.8, 4) is 0 Å². The molecule has 14 heteroatoms. The maximum atomic E-state index is 10.4. The molecule has 0 aliphatic heterocycles. The molecule has 0 aromatic carbocycles. The summed E-state index contributed by atoms with van der Waals surface area (Å²) in [5, 5.41) is 3.69. The number of hydrogen-bond donors (Lipinski definition) is 2. The van der Waals surface area contributed by atoms with Crippen LogP contribution in [0.4, 0.5) is 0 Å². The van der Waals surface area contributed by atoms with Gasteiger partial charge in [0.05, 0.1) is 0 Å².